The van der Waals surface area contributed by atoms with Gasteiger partial charge in [0, 0.05) is 5.92 Å². The van der Waals surface area contributed by atoms with Gasteiger partial charge in [0.05, 0.1) is 0 Å². The Morgan fingerprint density at radius 1 is 1.05 bits per heavy atom. The Labute approximate surface area is 113 Å². The van der Waals surface area contributed by atoms with E-state index >= 15 is 0 Å². The van der Waals surface area contributed by atoms with Gasteiger partial charge < -0.3 is 9.52 Å². The third-order valence-electron chi connectivity index (χ3n) is 3.31. The summed E-state index contributed by atoms with van der Waals surface area (Å²) in [6.07, 6.45) is 0. The molecule has 0 unspecified atom stereocenters. The first-order chi connectivity index (χ1) is 8.96. The molecule has 0 spiro atoms. The first kappa shape index (κ1) is 13.7. The quantitative estimate of drug-likeness (QED) is 0.917. The molecule has 102 valence electrons. The number of aliphatic hydroxyl groups is 1. The van der Waals surface area contributed by atoms with Gasteiger partial charge in [-0.2, -0.15) is 0 Å². The van der Waals surface area contributed by atoms with Crippen LogP contribution in [0.15, 0.2) is 34.7 Å². The molecule has 0 amide bonds. The van der Waals surface area contributed by atoms with Crippen molar-refractivity contribution in [1.29, 1.82) is 0 Å². The molecular formula is C15H20N2O2. The SMILES string of the molecule is CC(C)c1nnc([C@@](O)(c2ccccc2)C(C)C)o1. The maximum Gasteiger partial charge on any atom is 0.252 e. The highest BCUT2D eigenvalue weighted by atomic mass is 16.4. The summed E-state index contributed by atoms with van der Waals surface area (Å²) in [5, 5.41) is 19.1. The fraction of sp³-hybridized carbons (Fsp3) is 0.467. The highest BCUT2D eigenvalue weighted by Crippen LogP contribution is 2.36. The van der Waals surface area contributed by atoms with Crippen LogP contribution >= 0.6 is 0 Å². The van der Waals surface area contributed by atoms with Gasteiger partial charge >= 0.3 is 0 Å². The fourth-order valence-corrected chi connectivity index (χ4v) is 2.02. The van der Waals surface area contributed by atoms with Crippen LogP contribution in [0.2, 0.25) is 0 Å². The predicted octanol–water partition coefficient (Wildman–Crippen LogP) is 3.08. The first-order valence-corrected chi connectivity index (χ1v) is 6.58. The van der Waals surface area contributed by atoms with Crippen molar-refractivity contribution in [2.75, 3.05) is 0 Å². The Balaban J connectivity index is 2.50. The van der Waals surface area contributed by atoms with E-state index in [0.717, 1.165) is 5.56 Å². The van der Waals surface area contributed by atoms with E-state index in [1.54, 1.807) is 0 Å². The highest BCUT2D eigenvalue weighted by molar-refractivity contribution is 5.28. The minimum absolute atomic E-state index is 0.0737. The van der Waals surface area contributed by atoms with Crippen LogP contribution in [-0.4, -0.2) is 15.3 Å². The summed E-state index contributed by atoms with van der Waals surface area (Å²) in [6, 6.07) is 9.45. The third-order valence-corrected chi connectivity index (χ3v) is 3.31. The van der Waals surface area contributed by atoms with Crippen LogP contribution in [0.3, 0.4) is 0 Å². The second-order valence-electron chi connectivity index (χ2n) is 5.39. The van der Waals surface area contributed by atoms with Crippen LogP contribution in [0, 0.1) is 5.92 Å². The molecule has 1 aromatic carbocycles. The van der Waals surface area contributed by atoms with Gasteiger partial charge in [0.2, 0.25) is 5.89 Å². The summed E-state index contributed by atoms with van der Waals surface area (Å²) in [4.78, 5) is 0. The van der Waals surface area contributed by atoms with Crippen LogP contribution in [0.25, 0.3) is 0 Å². The number of nitrogens with zero attached hydrogens (tertiary/aromatic N) is 2. The molecule has 4 nitrogen and oxygen atoms in total. The van der Waals surface area contributed by atoms with Gasteiger partial charge in [0.1, 0.15) is 0 Å². The molecule has 2 rings (SSSR count). The monoisotopic (exact) mass is 260 g/mol. The second kappa shape index (κ2) is 5.13. The van der Waals surface area contributed by atoms with Crippen molar-refractivity contribution in [3.63, 3.8) is 0 Å². The number of aromatic nitrogens is 2. The molecule has 1 aromatic heterocycles. The van der Waals surface area contributed by atoms with E-state index < -0.39 is 5.60 Å². The first-order valence-electron chi connectivity index (χ1n) is 6.58. The van der Waals surface area contributed by atoms with Gasteiger partial charge in [-0.25, -0.2) is 0 Å². The van der Waals surface area contributed by atoms with Crippen molar-refractivity contribution in [3.05, 3.63) is 47.7 Å². The summed E-state index contributed by atoms with van der Waals surface area (Å²) < 4.78 is 5.65. The highest BCUT2D eigenvalue weighted by Gasteiger charge is 2.40. The predicted molar refractivity (Wildman–Crippen MR) is 72.7 cm³/mol. The van der Waals surface area contributed by atoms with Crippen molar-refractivity contribution < 1.29 is 9.52 Å². The molecule has 4 heteroatoms. The lowest BCUT2D eigenvalue weighted by atomic mass is 9.83. The van der Waals surface area contributed by atoms with E-state index in [1.807, 2.05) is 58.0 Å². The summed E-state index contributed by atoms with van der Waals surface area (Å²) in [7, 11) is 0. The van der Waals surface area contributed by atoms with E-state index in [4.69, 9.17) is 4.42 Å². The van der Waals surface area contributed by atoms with Crippen LogP contribution in [0.4, 0.5) is 0 Å². The Morgan fingerprint density at radius 2 is 1.68 bits per heavy atom. The topological polar surface area (TPSA) is 59.2 Å². The van der Waals surface area contributed by atoms with E-state index in [9.17, 15) is 5.11 Å². The van der Waals surface area contributed by atoms with Gasteiger partial charge in [-0.05, 0) is 11.5 Å². The Hall–Kier alpha value is -1.68. The Morgan fingerprint density at radius 3 is 2.16 bits per heavy atom. The van der Waals surface area contributed by atoms with Crippen molar-refractivity contribution in [2.45, 2.75) is 39.2 Å². The summed E-state index contributed by atoms with van der Waals surface area (Å²) in [5.41, 5.74) is -0.481. The van der Waals surface area contributed by atoms with Gasteiger partial charge in [0.25, 0.3) is 5.89 Å². The average molecular weight is 260 g/mol. The molecule has 2 aromatic rings. The van der Waals surface area contributed by atoms with Crippen molar-refractivity contribution >= 4 is 0 Å². The lowest BCUT2D eigenvalue weighted by Gasteiger charge is -2.28. The minimum Gasteiger partial charge on any atom is -0.421 e. The van der Waals surface area contributed by atoms with Gasteiger partial charge in [0.15, 0.2) is 5.60 Å². The summed E-state index contributed by atoms with van der Waals surface area (Å²) in [6.45, 7) is 7.83. The van der Waals surface area contributed by atoms with Gasteiger partial charge in [-0.3, -0.25) is 0 Å². The maximum atomic E-state index is 11.0. The summed E-state index contributed by atoms with van der Waals surface area (Å²) >= 11 is 0. The molecule has 0 bridgehead atoms. The van der Waals surface area contributed by atoms with Crippen molar-refractivity contribution in [1.82, 2.24) is 10.2 Å². The van der Waals surface area contributed by atoms with Gasteiger partial charge in [-0.1, -0.05) is 58.0 Å². The average Bonchev–Trinajstić information content (AvgIpc) is 2.88. The van der Waals surface area contributed by atoms with E-state index in [2.05, 4.69) is 10.2 Å². The molecule has 1 N–H and O–H groups in total. The minimum atomic E-state index is -1.25. The summed E-state index contributed by atoms with van der Waals surface area (Å²) in [5.74, 6) is 0.881. The zero-order valence-corrected chi connectivity index (χ0v) is 11.8. The molecule has 0 aliphatic heterocycles. The molecule has 0 aliphatic carbocycles. The van der Waals surface area contributed by atoms with Crippen LogP contribution in [0.1, 0.15) is 51.0 Å². The van der Waals surface area contributed by atoms with E-state index in [-0.39, 0.29) is 17.7 Å². The van der Waals surface area contributed by atoms with Crippen molar-refractivity contribution in [3.8, 4) is 0 Å². The molecule has 1 heterocycles. The van der Waals surface area contributed by atoms with E-state index in [0.29, 0.717) is 5.89 Å². The van der Waals surface area contributed by atoms with Crippen LogP contribution < -0.4 is 0 Å². The van der Waals surface area contributed by atoms with Crippen molar-refractivity contribution in [2.24, 2.45) is 5.92 Å². The Kier molecular flexibility index (Phi) is 3.71. The maximum absolute atomic E-state index is 11.0. The van der Waals surface area contributed by atoms with Crippen LogP contribution in [0.5, 0.6) is 0 Å². The number of hydrogen-bond acceptors (Lipinski definition) is 4. The Bertz CT molecular complexity index is 534. The lowest BCUT2D eigenvalue weighted by molar-refractivity contribution is 0.00456. The van der Waals surface area contributed by atoms with Gasteiger partial charge in [-0.15, -0.1) is 10.2 Å². The second-order valence-corrected chi connectivity index (χ2v) is 5.39. The largest absolute Gasteiger partial charge is 0.421 e. The smallest absolute Gasteiger partial charge is 0.252 e. The molecule has 0 fully saturated rings. The zero-order valence-electron chi connectivity index (χ0n) is 11.8. The fourth-order valence-electron chi connectivity index (χ4n) is 2.02. The number of rotatable bonds is 4. The molecular weight excluding hydrogens is 240 g/mol. The zero-order chi connectivity index (χ0) is 14.0. The molecule has 19 heavy (non-hydrogen) atoms. The molecule has 0 saturated carbocycles. The number of hydrogen-bond donors (Lipinski definition) is 1. The molecule has 0 aliphatic rings. The molecule has 0 radical (unpaired) electrons. The van der Waals surface area contributed by atoms with Crippen LogP contribution in [-0.2, 0) is 5.60 Å². The standard InChI is InChI=1S/C15H20N2O2/c1-10(2)13-16-17-14(19-13)15(18,11(3)4)12-8-6-5-7-9-12/h5-11,18H,1-4H3/t15-/m0/s1. The van der Waals surface area contributed by atoms with E-state index in [1.165, 1.54) is 0 Å². The molecule has 1 atom stereocenters. The lowest BCUT2D eigenvalue weighted by Crippen LogP contribution is -2.33. The third kappa shape index (κ3) is 2.40. The normalized spacial score (nSPS) is 14.9. The molecule has 0 saturated heterocycles. The number of benzene rings is 1.